The van der Waals surface area contributed by atoms with E-state index in [1.165, 1.54) is 19.3 Å². The van der Waals surface area contributed by atoms with E-state index in [0.29, 0.717) is 4.83 Å². The minimum atomic E-state index is 0.680. The molecule has 0 radical (unpaired) electrons. The van der Waals surface area contributed by atoms with Gasteiger partial charge in [0.25, 0.3) is 0 Å². The highest BCUT2D eigenvalue weighted by Gasteiger charge is 2.22. The lowest BCUT2D eigenvalue weighted by Gasteiger charge is -2.23. The molecule has 2 atom stereocenters. The maximum atomic E-state index is 5.43. The fourth-order valence-corrected chi connectivity index (χ4v) is 2.32. The van der Waals surface area contributed by atoms with Gasteiger partial charge in [-0.15, -0.1) is 0 Å². The molecular formula is C10H19BrO. The van der Waals surface area contributed by atoms with Gasteiger partial charge in [0.15, 0.2) is 0 Å². The van der Waals surface area contributed by atoms with Gasteiger partial charge in [-0.2, -0.15) is 0 Å². The molecule has 0 aromatic rings. The molecule has 0 spiro atoms. The molecule has 1 heterocycles. The Labute approximate surface area is 84.0 Å². The molecule has 0 amide bonds. The second-order valence-electron chi connectivity index (χ2n) is 3.99. The summed E-state index contributed by atoms with van der Waals surface area (Å²) in [5.41, 5.74) is 0. The zero-order valence-electron chi connectivity index (χ0n) is 8.05. The van der Waals surface area contributed by atoms with Gasteiger partial charge in [0.2, 0.25) is 0 Å². The number of hydrogen-bond acceptors (Lipinski definition) is 1. The van der Waals surface area contributed by atoms with Crippen molar-refractivity contribution in [2.45, 2.75) is 37.9 Å². The van der Waals surface area contributed by atoms with Crippen molar-refractivity contribution in [3.63, 3.8) is 0 Å². The van der Waals surface area contributed by atoms with Crippen molar-refractivity contribution in [3.05, 3.63) is 0 Å². The van der Waals surface area contributed by atoms with Gasteiger partial charge >= 0.3 is 0 Å². The molecule has 12 heavy (non-hydrogen) atoms. The van der Waals surface area contributed by atoms with Crippen LogP contribution in [0, 0.1) is 11.8 Å². The highest BCUT2D eigenvalue weighted by molar-refractivity contribution is 9.09. The fourth-order valence-electron chi connectivity index (χ4n) is 1.79. The molecule has 1 aliphatic heterocycles. The van der Waals surface area contributed by atoms with E-state index in [4.69, 9.17) is 4.74 Å². The summed E-state index contributed by atoms with van der Waals surface area (Å²) >= 11 is 3.78. The predicted octanol–water partition coefficient (Wildman–Crippen LogP) is 3.22. The Balaban J connectivity index is 2.37. The van der Waals surface area contributed by atoms with Gasteiger partial charge in [0.05, 0.1) is 0 Å². The van der Waals surface area contributed by atoms with Crippen molar-refractivity contribution in [3.8, 4) is 0 Å². The summed E-state index contributed by atoms with van der Waals surface area (Å²) in [6, 6.07) is 0. The molecule has 1 rings (SSSR count). The summed E-state index contributed by atoms with van der Waals surface area (Å²) in [6.07, 6.45) is 3.79. The Morgan fingerprint density at radius 2 is 2.00 bits per heavy atom. The summed E-state index contributed by atoms with van der Waals surface area (Å²) < 4.78 is 5.43. The highest BCUT2D eigenvalue weighted by atomic mass is 79.9. The van der Waals surface area contributed by atoms with Gasteiger partial charge in [-0.05, 0) is 31.1 Å². The Kier molecular flexibility index (Phi) is 4.59. The van der Waals surface area contributed by atoms with E-state index in [1.807, 2.05) is 0 Å². The van der Waals surface area contributed by atoms with E-state index in [-0.39, 0.29) is 0 Å². The Bertz CT molecular complexity index is 117. The normalized spacial score (nSPS) is 28.5. The summed E-state index contributed by atoms with van der Waals surface area (Å²) in [4.78, 5) is 0.680. The van der Waals surface area contributed by atoms with Crippen LogP contribution >= 0.6 is 15.9 Å². The highest BCUT2D eigenvalue weighted by Crippen LogP contribution is 2.29. The third kappa shape index (κ3) is 3.06. The molecule has 0 saturated carbocycles. The molecule has 72 valence electrons. The molecule has 2 heteroatoms. The molecule has 1 nitrogen and oxygen atoms in total. The zero-order valence-corrected chi connectivity index (χ0v) is 9.64. The van der Waals surface area contributed by atoms with E-state index in [9.17, 15) is 0 Å². The number of hydrogen-bond donors (Lipinski definition) is 0. The van der Waals surface area contributed by atoms with Crippen LogP contribution in [0.4, 0.5) is 0 Å². The molecule has 1 fully saturated rings. The van der Waals surface area contributed by atoms with Crippen LogP contribution in [0.5, 0.6) is 0 Å². The zero-order chi connectivity index (χ0) is 8.97. The average Bonchev–Trinajstić information content (AvgIpc) is 2.30. The standard InChI is InChI=1S/C10H19BrO/c1-8(2)10(11)9-4-3-6-12-7-5-9/h8-10H,3-7H2,1-2H3. The first-order valence-corrected chi connectivity index (χ1v) is 5.85. The maximum absolute atomic E-state index is 5.43. The average molecular weight is 235 g/mol. The van der Waals surface area contributed by atoms with Crippen molar-refractivity contribution >= 4 is 15.9 Å². The van der Waals surface area contributed by atoms with E-state index in [1.54, 1.807) is 0 Å². The topological polar surface area (TPSA) is 9.23 Å². The van der Waals surface area contributed by atoms with E-state index < -0.39 is 0 Å². The van der Waals surface area contributed by atoms with Crippen LogP contribution in [0.2, 0.25) is 0 Å². The molecule has 0 bridgehead atoms. The lowest BCUT2D eigenvalue weighted by atomic mass is 9.91. The van der Waals surface area contributed by atoms with Crippen LogP contribution in [0.1, 0.15) is 33.1 Å². The lowest BCUT2D eigenvalue weighted by molar-refractivity contribution is 0.141. The third-order valence-corrected chi connectivity index (χ3v) is 4.39. The summed E-state index contributed by atoms with van der Waals surface area (Å²) in [5, 5.41) is 0. The van der Waals surface area contributed by atoms with Crippen molar-refractivity contribution in [1.82, 2.24) is 0 Å². The number of rotatable bonds is 2. The van der Waals surface area contributed by atoms with Gasteiger partial charge in [-0.3, -0.25) is 0 Å². The summed E-state index contributed by atoms with van der Waals surface area (Å²) in [5.74, 6) is 1.57. The molecule has 0 aliphatic carbocycles. The van der Waals surface area contributed by atoms with Crippen LogP contribution in [0.15, 0.2) is 0 Å². The molecule has 0 N–H and O–H groups in total. The van der Waals surface area contributed by atoms with E-state index in [0.717, 1.165) is 25.0 Å². The lowest BCUT2D eigenvalue weighted by Crippen LogP contribution is -2.20. The molecule has 2 unspecified atom stereocenters. The van der Waals surface area contributed by atoms with Crippen molar-refractivity contribution in [2.24, 2.45) is 11.8 Å². The van der Waals surface area contributed by atoms with Crippen LogP contribution in [-0.4, -0.2) is 18.0 Å². The van der Waals surface area contributed by atoms with Gasteiger partial charge in [-0.25, -0.2) is 0 Å². The minimum Gasteiger partial charge on any atom is -0.381 e. The smallest absolute Gasteiger partial charge is 0.0469 e. The van der Waals surface area contributed by atoms with Gasteiger partial charge in [0.1, 0.15) is 0 Å². The number of ether oxygens (including phenoxy) is 1. The van der Waals surface area contributed by atoms with Crippen LogP contribution in [0.3, 0.4) is 0 Å². The van der Waals surface area contributed by atoms with E-state index in [2.05, 4.69) is 29.8 Å². The first-order chi connectivity index (χ1) is 5.72. The van der Waals surface area contributed by atoms with Gasteiger partial charge in [0, 0.05) is 18.0 Å². The summed E-state index contributed by atoms with van der Waals surface area (Å²) in [7, 11) is 0. The Hall–Kier alpha value is 0.440. The second kappa shape index (κ2) is 5.23. The fraction of sp³-hybridized carbons (Fsp3) is 1.00. The Morgan fingerprint density at radius 1 is 1.25 bits per heavy atom. The molecule has 0 aromatic carbocycles. The number of alkyl halides is 1. The SMILES string of the molecule is CC(C)C(Br)C1CCCOCC1. The van der Waals surface area contributed by atoms with Gasteiger partial charge in [-0.1, -0.05) is 29.8 Å². The molecule has 0 aromatic heterocycles. The minimum absolute atomic E-state index is 0.680. The maximum Gasteiger partial charge on any atom is 0.0469 e. The first-order valence-electron chi connectivity index (χ1n) is 4.93. The van der Waals surface area contributed by atoms with Crippen LogP contribution < -0.4 is 0 Å². The van der Waals surface area contributed by atoms with Crippen LogP contribution in [-0.2, 0) is 4.74 Å². The van der Waals surface area contributed by atoms with Gasteiger partial charge < -0.3 is 4.74 Å². The molecule has 1 saturated heterocycles. The van der Waals surface area contributed by atoms with Crippen molar-refractivity contribution < 1.29 is 4.74 Å². The molecule has 1 aliphatic rings. The quantitative estimate of drug-likeness (QED) is 0.668. The van der Waals surface area contributed by atoms with Crippen molar-refractivity contribution in [2.75, 3.05) is 13.2 Å². The van der Waals surface area contributed by atoms with Crippen LogP contribution in [0.25, 0.3) is 0 Å². The third-order valence-electron chi connectivity index (χ3n) is 2.58. The monoisotopic (exact) mass is 234 g/mol. The number of halogens is 1. The Morgan fingerprint density at radius 3 is 2.67 bits per heavy atom. The summed E-state index contributed by atoms with van der Waals surface area (Å²) in [6.45, 7) is 6.49. The predicted molar refractivity (Wildman–Crippen MR) is 55.7 cm³/mol. The van der Waals surface area contributed by atoms with E-state index >= 15 is 0 Å². The largest absolute Gasteiger partial charge is 0.381 e. The second-order valence-corrected chi connectivity index (χ2v) is 5.05. The first kappa shape index (κ1) is 10.5. The van der Waals surface area contributed by atoms with Crippen molar-refractivity contribution in [1.29, 1.82) is 0 Å². The molecular weight excluding hydrogens is 216 g/mol.